The summed E-state index contributed by atoms with van der Waals surface area (Å²) in [5, 5.41) is 8.87. The Labute approximate surface area is 179 Å². The van der Waals surface area contributed by atoms with E-state index in [1.165, 1.54) is 0 Å². The lowest BCUT2D eigenvalue weighted by Crippen LogP contribution is -2.34. The van der Waals surface area contributed by atoms with Crippen molar-refractivity contribution < 1.29 is 18.7 Å². The second-order valence-corrected chi connectivity index (χ2v) is 7.56. The molecule has 1 heterocycles. The largest absolute Gasteiger partial charge is 0.493 e. The summed E-state index contributed by atoms with van der Waals surface area (Å²) in [6.07, 6.45) is 2.22. The zero-order valence-corrected chi connectivity index (χ0v) is 17.6. The van der Waals surface area contributed by atoms with E-state index in [1.54, 1.807) is 32.4 Å². The first kappa shape index (κ1) is 20.2. The molecule has 1 saturated carbocycles. The van der Waals surface area contributed by atoms with Crippen molar-refractivity contribution in [3.8, 4) is 23.0 Å². The van der Waals surface area contributed by atoms with Crippen LogP contribution in [0, 0.1) is 0 Å². The van der Waals surface area contributed by atoms with Crippen LogP contribution < -0.4 is 9.47 Å². The van der Waals surface area contributed by atoms with Crippen molar-refractivity contribution in [3.63, 3.8) is 0 Å². The number of methoxy groups -OCH3 is 2. The zero-order valence-electron chi connectivity index (χ0n) is 16.8. The fourth-order valence-electron chi connectivity index (χ4n) is 3.25. The monoisotopic (exact) mass is 427 g/mol. The third-order valence-electron chi connectivity index (χ3n) is 4.97. The van der Waals surface area contributed by atoms with Gasteiger partial charge in [-0.3, -0.25) is 4.79 Å². The van der Waals surface area contributed by atoms with Crippen LogP contribution >= 0.6 is 11.6 Å². The highest BCUT2D eigenvalue weighted by Crippen LogP contribution is 2.31. The predicted octanol–water partition coefficient (Wildman–Crippen LogP) is 4.14. The summed E-state index contributed by atoms with van der Waals surface area (Å²) in [6.45, 7) is 0.289. The molecule has 0 aliphatic heterocycles. The second kappa shape index (κ2) is 8.75. The zero-order chi connectivity index (χ0) is 21.1. The number of benzene rings is 2. The minimum absolute atomic E-state index is 0.0102. The van der Waals surface area contributed by atoms with Crippen LogP contribution in [0.25, 0.3) is 11.5 Å². The van der Waals surface area contributed by atoms with Crippen molar-refractivity contribution >= 4 is 17.5 Å². The molecule has 8 heteroatoms. The molecule has 3 aromatic rings. The molecule has 0 spiro atoms. The molecule has 1 aliphatic carbocycles. The lowest BCUT2D eigenvalue weighted by Gasteiger charge is -2.21. The molecule has 0 saturated heterocycles. The van der Waals surface area contributed by atoms with E-state index in [4.69, 9.17) is 25.5 Å². The molecule has 0 atom stereocenters. The molecule has 2 aromatic carbocycles. The Morgan fingerprint density at radius 2 is 1.83 bits per heavy atom. The van der Waals surface area contributed by atoms with E-state index in [2.05, 4.69) is 10.2 Å². The normalized spacial score (nSPS) is 13.2. The number of aromatic nitrogens is 2. The van der Waals surface area contributed by atoms with E-state index in [-0.39, 0.29) is 24.9 Å². The quantitative estimate of drug-likeness (QED) is 0.537. The van der Waals surface area contributed by atoms with E-state index in [0.29, 0.717) is 28.3 Å². The molecule has 30 heavy (non-hydrogen) atoms. The molecule has 0 N–H and O–H groups in total. The van der Waals surface area contributed by atoms with Crippen LogP contribution in [0.2, 0.25) is 5.02 Å². The van der Waals surface area contributed by atoms with E-state index in [0.717, 1.165) is 24.0 Å². The lowest BCUT2D eigenvalue weighted by molar-refractivity contribution is -0.132. The van der Waals surface area contributed by atoms with Gasteiger partial charge in [0.1, 0.15) is 0 Å². The van der Waals surface area contributed by atoms with Crippen molar-refractivity contribution in [1.82, 2.24) is 15.1 Å². The highest BCUT2D eigenvalue weighted by atomic mass is 35.5. The molecule has 4 rings (SSSR count). The van der Waals surface area contributed by atoms with Crippen molar-refractivity contribution in [2.45, 2.75) is 31.8 Å². The third-order valence-corrected chi connectivity index (χ3v) is 5.23. The minimum atomic E-state index is 0.0102. The van der Waals surface area contributed by atoms with Crippen LogP contribution in [-0.4, -0.2) is 41.3 Å². The maximum absolute atomic E-state index is 13.0. The van der Waals surface area contributed by atoms with Crippen LogP contribution in [0.1, 0.15) is 24.3 Å². The highest BCUT2D eigenvalue weighted by molar-refractivity contribution is 6.30. The summed E-state index contributed by atoms with van der Waals surface area (Å²) < 4.78 is 16.4. The van der Waals surface area contributed by atoms with Gasteiger partial charge in [-0.25, -0.2) is 0 Å². The summed E-state index contributed by atoms with van der Waals surface area (Å²) in [6, 6.07) is 12.9. The molecule has 1 aliphatic rings. The first-order valence-electron chi connectivity index (χ1n) is 9.66. The average Bonchev–Trinajstić information content (AvgIpc) is 3.49. The Morgan fingerprint density at radius 1 is 1.10 bits per heavy atom. The van der Waals surface area contributed by atoms with Crippen molar-refractivity contribution in [2.75, 3.05) is 14.2 Å². The standard InChI is InChI=1S/C22H22ClN3O4/c1-28-18-10-3-14(11-19(18)29-2)12-21(27)26(17-8-9-17)13-20-24-25-22(30-20)15-4-6-16(23)7-5-15/h3-7,10-11,17H,8-9,12-13H2,1-2H3. The molecule has 7 nitrogen and oxygen atoms in total. The van der Waals surface area contributed by atoms with Crippen LogP contribution in [0.3, 0.4) is 0 Å². The van der Waals surface area contributed by atoms with Gasteiger partial charge in [0.05, 0.1) is 27.2 Å². The number of nitrogens with zero attached hydrogens (tertiary/aromatic N) is 3. The Hall–Kier alpha value is -3.06. The minimum Gasteiger partial charge on any atom is -0.493 e. The van der Waals surface area contributed by atoms with Crippen molar-refractivity contribution in [2.24, 2.45) is 0 Å². The van der Waals surface area contributed by atoms with Crippen LogP contribution in [0.4, 0.5) is 0 Å². The van der Waals surface area contributed by atoms with Crippen molar-refractivity contribution in [1.29, 1.82) is 0 Å². The Morgan fingerprint density at radius 3 is 2.50 bits per heavy atom. The first-order chi connectivity index (χ1) is 14.6. The van der Waals surface area contributed by atoms with Crippen LogP contribution in [0.5, 0.6) is 11.5 Å². The van der Waals surface area contributed by atoms with Crippen LogP contribution in [-0.2, 0) is 17.8 Å². The fourth-order valence-corrected chi connectivity index (χ4v) is 3.37. The molecule has 1 fully saturated rings. The van der Waals surface area contributed by atoms with Gasteiger partial charge in [-0.15, -0.1) is 10.2 Å². The van der Waals surface area contributed by atoms with Gasteiger partial charge in [-0.05, 0) is 54.8 Å². The highest BCUT2D eigenvalue weighted by Gasteiger charge is 2.33. The Bertz CT molecular complexity index is 1030. The van der Waals surface area contributed by atoms with Crippen molar-refractivity contribution in [3.05, 3.63) is 58.9 Å². The van der Waals surface area contributed by atoms with Gasteiger partial charge >= 0.3 is 0 Å². The first-order valence-corrected chi connectivity index (χ1v) is 10.0. The lowest BCUT2D eigenvalue weighted by atomic mass is 10.1. The molecule has 0 bridgehead atoms. The summed E-state index contributed by atoms with van der Waals surface area (Å²) in [5.41, 5.74) is 1.64. The molecule has 1 amide bonds. The molecule has 1 aromatic heterocycles. The number of hydrogen-bond acceptors (Lipinski definition) is 6. The van der Waals surface area contributed by atoms with Gasteiger partial charge in [0.25, 0.3) is 0 Å². The van der Waals surface area contributed by atoms with Gasteiger partial charge in [0.2, 0.25) is 17.7 Å². The van der Waals surface area contributed by atoms with Gasteiger partial charge in [0.15, 0.2) is 11.5 Å². The van der Waals surface area contributed by atoms with Gasteiger partial charge in [0, 0.05) is 16.6 Å². The van der Waals surface area contributed by atoms with E-state index < -0.39 is 0 Å². The number of halogens is 1. The number of rotatable bonds is 8. The van der Waals surface area contributed by atoms with Gasteiger partial charge in [-0.2, -0.15) is 0 Å². The van der Waals surface area contributed by atoms with E-state index in [1.807, 2.05) is 29.2 Å². The second-order valence-electron chi connectivity index (χ2n) is 7.13. The SMILES string of the molecule is COc1ccc(CC(=O)N(Cc2nnc(-c3ccc(Cl)cc3)o2)C2CC2)cc1OC. The predicted molar refractivity (Wildman–Crippen MR) is 112 cm³/mol. The fraction of sp³-hybridized carbons (Fsp3) is 0.318. The van der Waals surface area contributed by atoms with E-state index >= 15 is 0 Å². The number of ether oxygens (including phenoxy) is 2. The third kappa shape index (κ3) is 4.57. The maximum Gasteiger partial charge on any atom is 0.247 e. The topological polar surface area (TPSA) is 77.7 Å². The maximum atomic E-state index is 13.0. The Balaban J connectivity index is 1.47. The molecular weight excluding hydrogens is 406 g/mol. The van der Waals surface area contributed by atoms with E-state index in [9.17, 15) is 4.79 Å². The molecule has 0 radical (unpaired) electrons. The molecule has 0 unspecified atom stereocenters. The summed E-state index contributed by atoms with van der Waals surface area (Å²) in [5.74, 6) is 2.06. The number of hydrogen-bond donors (Lipinski definition) is 0. The van der Waals surface area contributed by atoms with Gasteiger partial charge in [-0.1, -0.05) is 17.7 Å². The van der Waals surface area contributed by atoms with Gasteiger partial charge < -0.3 is 18.8 Å². The number of carbonyl (C=O) groups is 1. The Kier molecular flexibility index (Phi) is 5.90. The summed E-state index contributed by atoms with van der Waals surface area (Å²) >= 11 is 5.93. The van der Waals surface area contributed by atoms with Crippen LogP contribution in [0.15, 0.2) is 46.9 Å². The summed E-state index contributed by atoms with van der Waals surface area (Å²) in [4.78, 5) is 14.8. The smallest absolute Gasteiger partial charge is 0.247 e. The molecular formula is C22H22ClN3O4. The molecule has 156 valence electrons. The number of carbonyl (C=O) groups excluding carboxylic acids is 1. The average molecular weight is 428 g/mol. The number of amides is 1. The summed E-state index contributed by atoms with van der Waals surface area (Å²) in [7, 11) is 3.16.